The number of nitrogens with one attached hydrogen (secondary N) is 1. The Morgan fingerprint density at radius 1 is 1.26 bits per heavy atom. The van der Waals surface area contributed by atoms with Gasteiger partial charge in [-0.1, -0.05) is 13.0 Å². The maximum atomic E-state index is 4.43. The molecule has 0 atom stereocenters. The Hall–Kier alpha value is -1.68. The van der Waals surface area contributed by atoms with E-state index in [9.17, 15) is 0 Å². The molecule has 0 saturated heterocycles. The molecule has 102 valence electrons. The molecule has 2 aromatic heterocycles. The van der Waals surface area contributed by atoms with Crippen LogP contribution in [0, 0.1) is 6.92 Å². The number of pyridine rings is 1. The summed E-state index contributed by atoms with van der Waals surface area (Å²) in [7, 11) is 0. The van der Waals surface area contributed by atoms with Gasteiger partial charge in [-0.25, -0.2) is 4.98 Å². The summed E-state index contributed by atoms with van der Waals surface area (Å²) in [5, 5.41) is 3.39. The van der Waals surface area contributed by atoms with E-state index in [0.29, 0.717) is 0 Å². The van der Waals surface area contributed by atoms with Crippen molar-refractivity contribution in [2.75, 3.05) is 13.1 Å². The summed E-state index contributed by atoms with van der Waals surface area (Å²) in [5.74, 6) is 0. The van der Waals surface area contributed by atoms with Gasteiger partial charge in [0.1, 0.15) is 0 Å². The van der Waals surface area contributed by atoms with Gasteiger partial charge < -0.3 is 9.88 Å². The minimum Gasteiger partial charge on any atom is -0.333 e. The first-order chi connectivity index (χ1) is 9.28. The quantitative estimate of drug-likeness (QED) is 0.774. The second kappa shape index (κ2) is 7.04. The lowest BCUT2D eigenvalue weighted by atomic mass is 10.2. The van der Waals surface area contributed by atoms with E-state index in [4.69, 9.17) is 0 Å². The zero-order chi connectivity index (χ0) is 13.5. The normalized spacial score (nSPS) is 10.8. The summed E-state index contributed by atoms with van der Waals surface area (Å²) in [4.78, 5) is 8.65. The molecular formula is C15H22N4. The summed E-state index contributed by atoms with van der Waals surface area (Å²) in [6.07, 6.45) is 9.97. The maximum absolute atomic E-state index is 4.43. The summed E-state index contributed by atoms with van der Waals surface area (Å²) >= 11 is 0. The highest BCUT2D eigenvalue weighted by Gasteiger charge is 2.00. The van der Waals surface area contributed by atoms with Gasteiger partial charge in [0.05, 0.1) is 18.6 Å². The van der Waals surface area contributed by atoms with Gasteiger partial charge in [-0.3, -0.25) is 4.98 Å². The van der Waals surface area contributed by atoms with E-state index in [1.54, 1.807) is 0 Å². The Morgan fingerprint density at radius 3 is 2.95 bits per heavy atom. The van der Waals surface area contributed by atoms with E-state index < -0.39 is 0 Å². The number of nitrogens with zero attached hydrogens (tertiary/aromatic N) is 3. The van der Waals surface area contributed by atoms with Crippen molar-refractivity contribution in [3.8, 4) is 0 Å². The Bertz CT molecular complexity index is 504. The number of aryl methyl sites for hydroxylation is 1. The molecule has 19 heavy (non-hydrogen) atoms. The molecule has 0 bridgehead atoms. The zero-order valence-electron chi connectivity index (χ0n) is 11.8. The molecule has 2 rings (SSSR count). The highest BCUT2D eigenvalue weighted by atomic mass is 15.0. The summed E-state index contributed by atoms with van der Waals surface area (Å²) in [6.45, 7) is 7.16. The maximum Gasteiger partial charge on any atom is 0.0952 e. The van der Waals surface area contributed by atoms with Crippen LogP contribution in [0.25, 0.3) is 0 Å². The molecule has 4 nitrogen and oxygen atoms in total. The fourth-order valence-electron chi connectivity index (χ4n) is 2.06. The predicted molar refractivity (Wildman–Crippen MR) is 77.2 cm³/mol. The first-order valence-corrected chi connectivity index (χ1v) is 6.90. The lowest BCUT2D eigenvalue weighted by Crippen LogP contribution is -2.17. The van der Waals surface area contributed by atoms with Gasteiger partial charge in [0.15, 0.2) is 0 Å². The minimum absolute atomic E-state index is 0.837. The average Bonchev–Trinajstić information content (AvgIpc) is 2.82. The standard InChI is InChI=1S/C15H22N4/c1-3-5-16-6-4-15-11-19(12-18-15)10-14-7-13(2)8-17-9-14/h7-9,11-12,16H,3-6,10H2,1-2H3. The van der Waals surface area contributed by atoms with Crippen LogP contribution in [-0.4, -0.2) is 27.6 Å². The highest BCUT2D eigenvalue weighted by Crippen LogP contribution is 2.05. The Kier molecular flexibility index (Phi) is 5.10. The molecule has 4 heteroatoms. The van der Waals surface area contributed by atoms with E-state index in [1.807, 2.05) is 18.7 Å². The van der Waals surface area contributed by atoms with Crippen molar-refractivity contribution >= 4 is 0 Å². The van der Waals surface area contributed by atoms with Gasteiger partial charge in [-0.05, 0) is 31.0 Å². The van der Waals surface area contributed by atoms with Crippen LogP contribution in [0.4, 0.5) is 0 Å². The van der Waals surface area contributed by atoms with Crippen LogP contribution in [-0.2, 0) is 13.0 Å². The van der Waals surface area contributed by atoms with Crippen molar-refractivity contribution in [1.82, 2.24) is 19.9 Å². The van der Waals surface area contributed by atoms with Crippen LogP contribution >= 0.6 is 0 Å². The van der Waals surface area contributed by atoms with Crippen molar-refractivity contribution in [3.05, 3.63) is 47.8 Å². The van der Waals surface area contributed by atoms with Gasteiger partial charge in [-0.15, -0.1) is 0 Å². The van der Waals surface area contributed by atoms with Crippen LogP contribution in [0.2, 0.25) is 0 Å². The molecule has 0 unspecified atom stereocenters. The topological polar surface area (TPSA) is 42.7 Å². The van der Waals surface area contributed by atoms with Crippen LogP contribution in [0.5, 0.6) is 0 Å². The highest BCUT2D eigenvalue weighted by molar-refractivity contribution is 5.17. The monoisotopic (exact) mass is 258 g/mol. The number of aromatic nitrogens is 3. The Labute approximate surface area is 114 Å². The van der Waals surface area contributed by atoms with Crippen molar-refractivity contribution in [3.63, 3.8) is 0 Å². The van der Waals surface area contributed by atoms with Gasteiger partial charge in [0, 0.05) is 31.6 Å². The number of hydrogen-bond donors (Lipinski definition) is 1. The molecule has 0 aliphatic carbocycles. The van der Waals surface area contributed by atoms with Crippen molar-refractivity contribution in [1.29, 1.82) is 0 Å². The molecule has 1 N–H and O–H groups in total. The third-order valence-corrected chi connectivity index (χ3v) is 2.97. The second-order valence-electron chi connectivity index (χ2n) is 4.91. The van der Waals surface area contributed by atoms with E-state index >= 15 is 0 Å². The number of rotatable bonds is 7. The van der Waals surface area contributed by atoms with Crippen molar-refractivity contribution in [2.45, 2.75) is 33.2 Å². The number of imidazole rings is 1. The lowest BCUT2D eigenvalue weighted by Gasteiger charge is -2.03. The van der Waals surface area contributed by atoms with Gasteiger partial charge in [0.2, 0.25) is 0 Å². The largest absolute Gasteiger partial charge is 0.333 e. The summed E-state index contributed by atoms with van der Waals surface area (Å²) < 4.78 is 2.12. The fraction of sp³-hybridized carbons (Fsp3) is 0.467. The van der Waals surface area contributed by atoms with E-state index in [-0.39, 0.29) is 0 Å². The molecule has 0 aliphatic heterocycles. The van der Waals surface area contributed by atoms with Crippen LogP contribution in [0.3, 0.4) is 0 Å². The molecule has 0 spiro atoms. The van der Waals surface area contributed by atoms with E-state index in [0.717, 1.165) is 31.7 Å². The van der Waals surface area contributed by atoms with Gasteiger partial charge >= 0.3 is 0 Å². The fourth-order valence-corrected chi connectivity index (χ4v) is 2.06. The van der Waals surface area contributed by atoms with E-state index in [1.165, 1.54) is 17.5 Å². The molecule has 0 fully saturated rings. The third kappa shape index (κ3) is 4.48. The number of hydrogen-bond acceptors (Lipinski definition) is 3. The van der Waals surface area contributed by atoms with E-state index in [2.05, 4.69) is 46.0 Å². The summed E-state index contributed by atoms with van der Waals surface area (Å²) in [5.41, 5.74) is 3.55. The van der Waals surface area contributed by atoms with Crippen molar-refractivity contribution < 1.29 is 0 Å². The Morgan fingerprint density at radius 2 is 2.16 bits per heavy atom. The van der Waals surface area contributed by atoms with Crippen LogP contribution < -0.4 is 5.32 Å². The SMILES string of the molecule is CCCNCCc1cn(Cc2cncc(C)c2)cn1. The molecule has 0 aliphatic rings. The molecule has 0 radical (unpaired) electrons. The predicted octanol–water partition coefficient (Wildman–Crippen LogP) is 2.18. The smallest absolute Gasteiger partial charge is 0.0952 e. The van der Waals surface area contributed by atoms with Gasteiger partial charge in [0.25, 0.3) is 0 Å². The molecule has 2 heterocycles. The Balaban J connectivity index is 1.87. The lowest BCUT2D eigenvalue weighted by molar-refractivity contribution is 0.666. The molecule has 0 amide bonds. The zero-order valence-corrected chi connectivity index (χ0v) is 11.8. The molecule has 0 aromatic carbocycles. The molecule has 2 aromatic rings. The van der Waals surface area contributed by atoms with Crippen LogP contribution in [0.15, 0.2) is 31.0 Å². The molecule has 0 saturated carbocycles. The average molecular weight is 258 g/mol. The van der Waals surface area contributed by atoms with Crippen molar-refractivity contribution in [2.24, 2.45) is 0 Å². The summed E-state index contributed by atoms with van der Waals surface area (Å²) in [6, 6.07) is 2.16. The second-order valence-corrected chi connectivity index (χ2v) is 4.91. The van der Waals surface area contributed by atoms with Crippen LogP contribution in [0.1, 0.15) is 30.2 Å². The third-order valence-electron chi connectivity index (χ3n) is 2.97. The first-order valence-electron chi connectivity index (χ1n) is 6.90. The first kappa shape index (κ1) is 13.7. The minimum atomic E-state index is 0.837. The van der Waals surface area contributed by atoms with Gasteiger partial charge in [-0.2, -0.15) is 0 Å². The molecular weight excluding hydrogens is 236 g/mol.